The van der Waals surface area contributed by atoms with Crippen LogP contribution in [0.15, 0.2) is 5.38 Å². The minimum absolute atomic E-state index is 0.119. The zero-order valence-corrected chi connectivity index (χ0v) is 12.4. The van der Waals surface area contributed by atoms with Crippen molar-refractivity contribution in [2.75, 3.05) is 7.05 Å². The highest BCUT2D eigenvalue weighted by molar-refractivity contribution is 7.09. The second kappa shape index (κ2) is 3.77. The van der Waals surface area contributed by atoms with Gasteiger partial charge in [-0.05, 0) is 41.7 Å². The molecule has 0 bridgehead atoms. The van der Waals surface area contributed by atoms with Crippen LogP contribution < -0.4 is 5.32 Å². The van der Waals surface area contributed by atoms with Crippen LogP contribution in [0, 0.1) is 6.92 Å². The number of ether oxygens (including phenoxy) is 1. The van der Waals surface area contributed by atoms with Crippen LogP contribution in [0.1, 0.15) is 44.8 Å². The number of likely N-dealkylation sites (N-methyl/N-ethyl adjacent to an activating group) is 1. The second-order valence-electron chi connectivity index (χ2n) is 6.00. The first kappa shape index (κ1) is 13.0. The van der Waals surface area contributed by atoms with Crippen molar-refractivity contribution in [2.24, 2.45) is 0 Å². The second-order valence-corrected chi connectivity index (χ2v) is 6.86. The van der Waals surface area contributed by atoms with Gasteiger partial charge in [-0.3, -0.25) is 0 Å². The molecule has 1 fully saturated rings. The summed E-state index contributed by atoms with van der Waals surface area (Å²) in [5, 5.41) is 6.72. The Hall–Kier alpha value is -0.450. The fourth-order valence-corrected chi connectivity index (χ4v) is 4.20. The van der Waals surface area contributed by atoms with E-state index in [1.165, 1.54) is 0 Å². The molecule has 1 aliphatic heterocycles. The van der Waals surface area contributed by atoms with Crippen LogP contribution in [-0.2, 0) is 10.3 Å². The maximum Gasteiger partial charge on any atom is 0.116 e. The molecule has 0 saturated carbocycles. The van der Waals surface area contributed by atoms with Crippen molar-refractivity contribution in [3.63, 3.8) is 0 Å². The fourth-order valence-electron chi connectivity index (χ4n) is 3.04. The zero-order valence-electron chi connectivity index (χ0n) is 11.5. The monoisotopic (exact) mass is 254 g/mol. The van der Waals surface area contributed by atoms with Crippen LogP contribution in [0.5, 0.6) is 0 Å². The predicted molar refractivity (Wildman–Crippen MR) is 71.4 cm³/mol. The number of hydrogen-bond acceptors (Lipinski definition) is 4. The molecule has 0 amide bonds. The summed E-state index contributed by atoms with van der Waals surface area (Å²) in [6.07, 6.45) is 0.941. The Balaban J connectivity index is 2.51. The standard InChI is InChI=1S/C13H22N2OS/c1-9-7-17-10(15-9)13(14-6)8-11(2,3)16-12(13,4)5/h7,14H,8H2,1-6H3. The van der Waals surface area contributed by atoms with Crippen molar-refractivity contribution in [1.29, 1.82) is 0 Å². The highest BCUT2D eigenvalue weighted by Crippen LogP contribution is 2.51. The van der Waals surface area contributed by atoms with Gasteiger partial charge in [0.1, 0.15) is 10.5 Å². The first-order valence-corrected chi connectivity index (χ1v) is 6.92. The van der Waals surface area contributed by atoms with E-state index in [1.807, 2.05) is 14.0 Å². The van der Waals surface area contributed by atoms with Gasteiger partial charge in [0.15, 0.2) is 0 Å². The molecule has 2 heterocycles. The van der Waals surface area contributed by atoms with Crippen LogP contribution in [-0.4, -0.2) is 23.2 Å². The fraction of sp³-hybridized carbons (Fsp3) is 0.769. The van der Waals surface area contributed by atoms with Gasteiger partial charge in [-0.1, -0.05) is 0 Å². The molecule has 1 N–H and O–H groups in total. The van der Waals surface area contributed by atoms with Crippen LogP contribution in [0.3, 0.4) is 0 Å². The molecule has 1 unspecified atom stereocenters. The third-order valence-electron chi connectivity index (χ3n) is 3.66. The third kappa shape index (κ3) is 1.92. The van der Waals surface area contributed by atoms with Gasteiger partial charge in [-0.2, -0.15) is 0 Å². The number of aryl methyl sites for hydroxylation is 1. The number of hydrogen-bond donors (Lipinski definition) is 1. The Morgan fingerprint density at radius 3 is 2.35 bits per heavy atom. The van der Waals surface area contributed by atoms with Gasteiger partial charge in [0, 0.05) is 17.5 Å². The van der Waals surface area contributed by atoms with Crippen LogP contribution in [0.2, 0.25) is 0 Å². The van der Waals surface area contributed by atoms with E-state index in [1.54, 1.807) is 11.3 Å². The molecule has 17 heavy (non-hydrogen) atoms. The van der Waals surface area contributed by atoms with E-state index in [0.29, 0.717) is 0 Å². The molecule has 1 aliphatic rings. The first-order valence-electron chi connectivity index (χ1n) is 6.04. The highest BCUT2D eigenvalue weighted by Gasteiger charge is 2.58. The average Bonchev–Trinajstić information content (AvgIpc) is 2.65. The predicted octanol–water partition coefficient (Wildman–Crippen LogP) is 2.84. The van der Waals surface area contributed by atoms with E-state index < -0.39 is 0 Å². The summed E-state index contributed by atoms with van der Waals surface area (Å²) in [7, 11) is 2.00. The van der Waals surface area contributed by atoms with Crippen molar-refractivity contribution in [3.05, 3.63) is 16.1 Å². The Kier molecular flexibility index (Phi) is 2.88. The number of nitrogens with zero attached hydrogens (tertiary/aromatic N) is 1. The lowest BCUT2D eigenvalue weighted by Crippen LogP contribution is -2.53. The third-order valence-corrected chi connectivity index (χ3v) is 4.78. The van der Waals surface area contributed by atoms with E-state index >= 15 is 0 Å². The highest BCUT2D eigenvalue weighted by atomic mass is 32.1. The minimum Gasteiger partial charge on any atom is -0.367 e. The van der Waals surface area contributed by atoms with Gasteiger partial charge in [0.25, 0.3) is 0 Å². The molecule has 0 aromatic carbocycles. The Morgan fingerprint density at radius 1 is 1.35 bits per heavy atom. The summed E-state index contributed by atoms with van der Waals surface area (Å²) in [5.41, 5.74) is 0.525. The van der Waals surface area contributed by atoms with E-state index in [0.717, 1.165) is 17.1 Å². The minimum atomic E-state index is -0.254. The number of aromatic nitrogens is 1. The SMILES string of the molecule is CNC1(c2nc(C)cs2)CC(C)(C)OC1(C)C. The van der Waals surface area contributed by atoms with Crippen molar-refractivity contribution < 1.29 is 4.74 Å². The van der Waals surface area contributed by atoms with Gasteiger partial charge < -0.3 is 10.1 Å². The Labute approximate surface area is 108 Å². The maximum absolute atomic E-state index is 6.21. The van der Waals surface area contributed by atoms with Gasteiger partial charge in [0.05, 0.1) is 11.2 Å². The van der Waals surface area contributed by atoms with Gasteiger partial charge in [0.2, 0.25) is 0 Å². The summed E-state index contributed by atoms with van der Waals surface area (Å²) in [6, 6.07) is 0. The van der Waals surface area contributed by atoms with E-state index in [4.69, 9.17) is 4.74 Å². The topological polar surface area (TPSA) is 34.2 Å². The molecule has 1 atom stereocenters. The van der Waals surface area contributed by atoms with Gasteiger partial charge in [-0.15, -0.1) is 11.3 Å². The van der Waals surface area contributed by atoms with Gasteiger partial charge in [-0.25, -0.2) is 4.98 Å². The molecule has 2 rings (SSSR count). The first-order chi connectivity index (χ1) is 7.72. The summed E-state index contributed by atoms with van der Waals surface area (Å²) in [5.74, 6) is 0. The molecule has 1 aromatic rings. The number of thiazole rings is 1. The summed E-state index contributed by atoms with van der Waals surface area (Å²) < 4.78 is 6.21. The molecule has 0 radical (unpaired) electrons. The molecule has 96 valence electrons. The molecule has 0 aliphatic carbocycles. The van der Waals surface area contributed by atoms with Crippen LogP contribution in [0.25, 0.3) is 0 Å². The van der Waals surface area contributed by atoms with Crippen molar-refractivity contribution in [1.82, 2.24) is 10.3 Å². The smallest absolute Gasteiger partial charge is 0.116 e. The molecule has 0 spiro atoms. The largest absolute Gasteiger partial charge is 0.367 e. The molecule has 4 heteroatoms. The summed E-state index contributed by atoms with van der Waals surface area (Å²) >= 11 is 1.72. The summed E-state index contributed by atoms with van der Waals surface area (Å²) in [4.78, 5) is 4.67. The number of nitrogens with one attached hydrogen (secondary N) is 1. The molecular formula is C13H22N2OS. The number of rotatable bonds is 2. The van der Waals surface area contributed by atoms with Crippen LogP contribution in [0.4, 0.5) is 0 Å². The van der Waals surface area contributed by atoms with E-state index in [2.05, 4.69) is 43.4 Å². The Bertz CT molecular complexity index is 425. The molecule has 3 nitrogen and oxygen atoms in total. The average molecular weight is 254 g/mol. The van der Waals surface area contributed by atoms with Crippen molar-refractivity contribution in [2.45, 2.75) is 57.8 Å². The lowest BCUT2D eigenvalue weighted by molar-refractivity contribution is -0.0834. The maximum atomic E-state index is 6.21. The van der Waals surface area contributed by atoms with Gasteiger partial charge >= 0.3 is 0 Å². The molecule has 1 saturated heterocycles. The normalized spacial score (nSPS) is 30.7. The molecule has 1 aromatic heterocycles. The Morgan fingerprint density at radius 2 is 2.00 bits per heavy atom. The quantitative estimate of drug-likeness (QED) is 0.881. The van der Waals surface area contributed by atoms with Crippen molar-refractivity contribution >= 4 is 11.3 Å². The van der Waals surface area contributed by atoms with E-state index in [-0.39, 0.29) is 16.7 Å². The summed E-state index contributed by atoms with van der Waals surface area (Å²) in [6.45, 7) is 10.6. The lowest BCUT2D eigenvalue weighted by Gasteiger charge is -2.38. The van der Waals surface area contributed by atoms with Crippen molar-refractivity contribution in [3.8, 4) is 0 Å². The zero-order chi connectivity index (χ0) is 12.9. The van der Waals surface area contributed by atoms with E-state index in [9.17, 15) is 0 Å². The lowest BCUT2D eigenvalue weighted by atomic mass is 9.79. The molecular weight excluding hydrogens is 232 g/mol. The van der Waals surface area contributed by atoms with Crippen LogP contribution >= 0.6 is 11.3 Å².